The first-order chi connectivity index (χ1) is 11.3. The van der Waals surface area contributed by atoms with Gasteiger partial charge in [-0.3, -0.25) is 4.84 Å². The number of nitrogens with one attached hydrogen (secondary N) is 1. The molecular formula is C18H16N2O3. The van der Waals surface area contributed by atoms with Crippen molar-refractivity contribution >= 4 is 18.1 Å². The molecule has 2 atom stereocenters. The predicted molar refractivity (Wildman–Crippen MR) is 86.3 cm³/mol. The van der Waals surface area contributed by atoms with Crippen LogP contribution in [0.1, 0.15) is 22.6 Å². The lowest BCUT2D eigenvalue weighted by molar-refractivity contribution is -0.154. The van der Waals surface area contributed by atoms with Gasteiger partial charge in [0.15, 0.2) is 6.61 Å². The van der Waals surface area contributed by atoms with Crippen molar-refractivity contribution in [1.82, 2.24) is 5.48 Å². The fraction of sp³-hybridized carbons (Fsp3) is 0.167. The molecule has 3 N–H and O–H groups in total. The molecule has 3 aliphatic rings. The van der Waals surface area contributed by atoms with Crippen molar-refractivity contribution in [3.05, 3.63) is 70.5 Å². The molecule has 0 spiro atoms. The summed E-state index contributed by atoms with van der Waals surface area (Å²) >= 11 is 0. The van der Waals surface area contributed by atoms with Gasteiger partial charge in [-0.25, -0.2) is 16.2 Å². The second kappa shape index (κ2) is 5.53. The van der Waals surface area contributed by atoms with Crippen LogP contribution in [0, 0.1) is 5.92 Å². The highest BCUT2D eigenvalue weighted by molar-refractivity contribution is 5.75. The maximum Gasteiger partial charge on any atom is 0.359 e. The molecule has 0 bridgehead atoms. The Bertz CT molecular complexity index is 789. The summed E-state index contributed by atoms with van der Waals surface area (Å²) in [6.45, 7) is -0.295. The third-order valence-electron chi connectivity index (χ3n) is 4.42. The SMILES string of the molecule is NOCC(=O)ONC1=C2C=Cc3cccc4c3C2C(C=C1)C=C4. The van der Waals surface area contributed by atoms with E-state index in [4.69, 9.17) is 10.7 Å². The number of hydroxylamine groups is 1. The third kappa shape index (κ3) is 2.30. The van der Waals surface area contributed by atoms with Crippen molar-refractivity contribution in [2.75, 3.05) is 6.61 Å². The van der Waals surface area contributed by atoms with Gasteiger partial charge in [0.25, 0.3) is 0 Å². The van der Waals surface area contributed by atoms with E-state index in [0.29, 0.717) is 5.92 Å². The summed E-state index contributed by atoms with van der Waals surface area (Å²) < 4.78 is 0. The van der Waals surface area contributed by atoms with Crippen LogP contribution in [-0.4, -0.2) is 12.6 Å². The molecule has 1 aromatic carbocycles. The molecule has 4 rings (SSSR count). The molecule has 0 saturated heterocycles. The molecule has 5 nitrogen and oxygen atoms in total. The van der Waals surface area contributed by atoms with Crippen LogP contribution < -0.4 is 11.4 Å². The average molecular weight is 308 g/mol. The zero-order chi connectivity index (χ0) is 15.8. The smallest absolute Gasteiger partial charge is 0.341 e. The molecule has 5 heteroatoms. The van der Waals surface area contributed by atoms with E-state index in [1.165, 1.54) is 16.7 Å². The molecule has 23 heavy (non-hydrogen) atoms. The Morgan fingerprint density at radius 1 is 1.13 bits per heavy atom. The van der Waals surface area contributed by atoms with E-state index >= 15 is 0 Å². The molecule has 2 unspecified atom stereocenters. The van der Waals surface area contributed by atoms with Crippen molar-refractivity contribution in [3.63, 3.8) is 0 Å². The maximum atomic E-state index is 11.4. The first kappa shape index (κ1) is 14.0. The largest absolute Gasteiger partial charge is 0.359 e. The van der Waals surface area contributed by atoms with Crippen molar-refractivity contribution in [2.24, 2.45) is 11.8 Å². The molecule has 0 fully saturated rings. The van der Waals surface area contributed by atoms with E-state index in [1.54, 1.807) is 0 Å². The van der Waals surface area contributed by atoms with Crippen LogP contribution in [0.15, 0.2) is 53.8 Å². The molecule has 116 valence electrons. The minimum atomic E-state index is -0.569. The number of nitrogens with two attached hydrogens (primary N) is 1. The minimum absolute atomic E-state index is 0.244. The second-order valence-corrected chi connectivity index (χ2v) is 5.71. The molecule has 0 saturated carbocycles. The van der Waals surface area contributed by atoms with Gasteiger partial charge in [0.2, 0.25) is 0 Å². The topological polar surface area (TPSA) is 73.6 Å². The molecule has 0 aromatic heterocycles. The monoisotopic (exact) mass is 308 g/mol. The molecule has 0 radical (unpaired) electrons. The number of rotatable bonds is 4. The maximum absolute atomic E-state index is 11.4. The lowest BCUT2D eigenvalue weighted by Gasteiger charge is -2.36. The summed E-state index contributed by atoms with van der Waals surface area (Å²) in [7, 11) is 0. The van der Waals surface area contributed by atoms with E-state index in [0.717, 1.165) is 11.3 Å². The van der Waals surface area contributed by atoms with Crippen molar-refractivity contribution in [1.29, 1.82) is 0 Å². The Balaban J connectivity index is 1.70. The second-order valence-electron chi connectivity index (χ2n) is 5.71. The molecule has 3 aliphatic carbocycles. The molecular weight excluding hydrogens is 292 g/mol. The lowest BCUT2D eigenvalue weighted by Crippen LogP contribution is -2.29. The Morgan fingerprint density at radius 3 is 2.74 bits per heavy atom. The zero-order valence-electron chi connectivity index (χ0n) is 12.4. The number of carbonyl (C=O) groups excluding carboxylic acids is 1. The fourth-order valence-electron chi connectivity index (χ4n) is 3.45. The summed E-state index contributed by atoms with van der Waals surface area (Å²) in [6.07, 6.45) is 12.7. The molecule has 1 aromatic rings. The average Bonchev–Trinajstić information content (AvgIpc) is 2.58. The number of benzene rings is 1. The van der Waals surface area contributed by atoms with Gasteiger partial charge in [0, 0.05) is 11.8 Å². The summed E-state index contributed by atoms with van der Waals surface area (Å²) in [5.74, 6) is 4.86. The van der Waals surface area contributed by atoms with E-state index < -0.39 is 5.97 Å². The molecule has 0 aliphatic heterocycles. The Kier molecular flexibility index (Phi) is 3.37. The number of hydrogen-bond donors (Lipinski definition) is 2. The van der Waals surface area contributed by atoms with Gasteiger partial charge in [-0.05, 0) is 28.3 Å². The van der Waals surface area contributed by atoms with Gasteiger partial charge >= 0.3 is 5.97 Å². The van der Waals surface area contributed by atoms with Gasteiger partial charge in [-0.15, -0.1) is 0 Å². The van der Waals surface area contributed by atoms with Crippen LogP contribution in [0.5, 0.6) is 0 Å². The minimum Gasteiger partial charge on any atom is -0.341 e. The van der Waals surface area contributed by atoms with Crippen molar-refractivity contribution in [3.8, 4) is 0 Å². The third-order valence-corrected chi connectivity index (χ3v) is 4.42. The highest BCUT2D eigenvalue weighted by atomic mass is 16.7. The van der Waals surface area contributed by atoms with Gasteiger partial charge in [-0.2, -0.15) is 0 Å². The van der Waals surface area contributed by atoms with Crippen molar-refractivity contribution < 1.29 is 14.5 Å². The summed E-state index contributed by atoms with van der Waals surface area (Å²) in [5, 5.41) is 0. The van der Waals surface area contributed by atoms with Gasteiger partial charge in [0.1, 0.15) is 0 Å². The van der Waals surface area contributed by atoms with E-state index in [9.17, 15) is 4.79 Å². The summed E-state index contributed by atoms with van der Waals surface area (Å²) in [6, 6.07) is 6.34. The van der Waals surface area contributed by atoms with Gasteiger partial charge in [0.05, 0.1) is 5.70 Å². The Hall–Kier alpha value is -2.63. The standard InChI is InChI=1S/C18H16N2O3/c19-22-10-16(21)23-20-15-9-7-13-5-4-11-2-1-3-12-6-8-14(15)18(13)17(11)12/h1-9,13,18,20H,10,19H2. The van der Waals surface area contributed by atoms with Crippen LogP contribution >= 0.6 is 0 Å². The van der Waals surface area contributed by atoms with Crippen LogP contribution in [-0.2, 0) is 14.5 Å². The van der Waals surface area contributed by atoms with Crippen LogP contribution in [0.2, 0.25) is 0 Å². The number of allylic oxidation sites excluding steroid dienone is 5. The molecule has 0 heterocycles. The lowest BCUT2D eigenvalue weighted by atomic mass is 9.68. The number of hydrogen-bond acceptors (Lipinski definition) is 5. The predicted octanol–water partition coefficient (Wildman–Crippen LogP) is 2.20. The van der Waals surface area contributed by atoms with E-state index in [1.807, 2.05) is 6.08 Å². The summed E-state index contributed by atoms with van der Waals surface area (Å²) in [5.41, 5.74) is 8.45. The van der Waals surface area contributed by atoms with Crippen molar-refractivity contribution in [2.45, 2.75) is 5.92 Å². The highest BCUT2D eigenvalue weighted by Crippen LogP contribution is 2.47. The molecule has 0 amide bonds. The normalized spacial score (nSPS) is 22.8. The first-order valence-corrected chi connectivity index (χ1v) is 7.47. The van der Waals surface area contributed by atoms with Crippen LogP contribution in [0.4, 0.5) is 0 Å². The quantitative estimate of drug-likeness (QED) is 0.834. The van der Waals surface area contributed by atoms with Crippen LogP contribution in [0.3, 0.4) is 0 Å². The van der Waals surface area contributed by atoms with E-state index in [2.05, 4.69) is 58.9 Å². The van der Waals surface area contributed by atoms with Crippen LogP contribution in [0.25, 0.3) is 12.2 Å². The van der Waals surface area contributed by atoms with Gasteiger partial charge in [-0.1, -0.05) is 48.6 Å². The Morgan fingerprint density at radius 2 is 1.91 bits per heavy atom. The number of carbonyl (C=O) groups is 1. The highest BCUT2D eigenvalue weighted by Gasteiger charge is 2.34. The van der Waals surface area contributed by atoms with Gasteiger partial charge < -0.3 is 4.84 Å². The summed E-state index contributed by atoms with van der Waals surface area (Å²) in [4.78, 5) is 20.7. The Labute approximate surface area is 133 Å². The first-order valence-electron chi connectivity index (χ1n) is 7.47. The zero-order valence-corrected chi connectivity index (χ0v) is 12.4. The van der Waals surface area contributed by atoms with E-state index in [-0.39, 0.29) is 12.5 Å². The fourth-order valence-corrected chi connectivity index (χ4v) is 3.45.